The summed E-state index contributed by atoms with van der Waals surface area (Å²) < 4.78 is 60.5. The number of aromatic nitrogens is 5. The van der Waals surface area contributed by atoms with Crippen molar-refractivity contribution in [2.24, 2.45) is 7.05 Å². The first-order valence-electron chi connectivity index (χ1n) is 10.2. The second-order valence-electron chi connectivity index (χ2n) is 7.90. The van der Waals surface area contributed by atoms with E-state index in [4.69, 9.17) is 4.18 Å². The third kappa shape index (κ3) is 3.80. The van der Waals surface area contributed by atoms with Gasteiger partial charge in [-0.2, -0.15) is 13.5 Å². The molecule has 2 aromatic carbocycles. The average molecular weight is 487 g/mol. The Morgan fingerprint density at radius 3 is 2.41 bits per heavy atom. The van der Waals surface area contributed by atoms with Gasteiger partial charge in [0, 0.05) is 47.8 Å². The smallest absolute Gasteiger partial charge is 0.348 e. The zero-order valence-electron chi connectivity index (χ0n) is 18.1. The van der Waals surface area contributed by atoms with Crippen LogP contribution in [0.5, 0.6) is 0 Å². The van der Waals surface area contributed by atoms with Gasteiger partial charge in [0.15, 0.2) is 5.82 Å². The topological polar surface area (TPSA) is 104 Å². The van der Waals surface area contributed by atoms with Crippen LogP contribution >= 0.6 is 0 Å². The van der Waals surface area contributed by atoms with Gasteiger partial charge in [-0.15, -0.1) is 0 Å². The number of rotatable bonds is 6. The van der Waals surface area contributed by atoms with Gasteiger partial charge in [0.1, 0.15) is 11.6 Å². The second-order valence-corrected chi connectivity index (χ2v) is 9.54. The minimum atomic E-state index is -3.64. The lowest BCUT2D eigenvalue weighted by molar-refractivity contribution is 0.306. The first-order chi connectivity index (χ1) is 16.1. The Bertz CT molecular complexity index is 1730. The summed E-state index contributed by atoms with van der Waals surface area (Å²) in [5, 5.41) is 7.56. The molecule has 0 aliphatic heterocycles. The van der Waals surface area contributed by atoms with Crippen LogP contribution in [0.15, 0.2) is 53.6 Å². The lowest BCUT2D eigenvalue weighted by atomic mass is 10.1. The van der Waals surface area contributed by atoms with Crippen molar-refractivity contribution in [2.45, 2.75) is 6.54 Å². The molecule has 0 fully saturated rings. The van der Waals surface area contributed by atoms with Crippen LogP contribution in [0.1, 0.15) is 0 Å². The molecule has 0 amide bonds. The van der Waals surface area contributed by atoms with E-state index >= 15 is 0 Å². The van der Waals surface area contributed by atoms with E-state index in [1.807, 2.05) is 0 Å². The van der Waals surface area contributed by atoms with E-state index in [1.165, 1.54) is 34.9 Å². The monoisotopic (exact) mass is 487 g/mol. The lowest BCUT2D eigenvalue weighted by Crippen LogP contribution is -2.15. The van der Waals surface area contributed by atoms with Crippen molar-refractivity contribution < 1.29 is 21.4 Å². The van der Waals surface area contributed by atoms with Gasteiger partial charge in [-0.25, -0.2) is 23.2 Å². The molecular weight excluding hydrogens is 468 g/mol. The molecule has 176 valence electrons. The van der Waals surface area contributed by atoms with E-state index in [9.17, 15) is 22.0 Å². The first-order valence-corrected chi connectivity index (χ1v) is 12.0. The van der Waals surface area contributed by atoms with E-state index < -0.39 is 27.4 Å². The molecule has 3 aromatic heterocycles. The highest BCUT2D eigenvalue weighted by molar-refractivity contribution is 7.85. The minimum Gasteiger partial charge on any atom is -0.350 e. The van der Waals surface area contributed by atoms with Gasteiger partial charge >= 0.3 is 5.69 Å². The molecule has 3 heterocycles. The highest BCUT2D eigenvalue weighted by atomic mass is 32.2. The van der Waals surface area contributed by atoms with Crippen LogP contribution in [-0.4, -0.2) is 45.2 Å². The number of hydrogen-bond acceptors (Lipinski definition) is 5. The van der Waals surface area contributed by atoms with Gasteiger partial charge in [0.05, 0.1) is 24.1 Å². The minimum absolute atomic E-state index is 0.136. The fraction of sp³-hybridized carbons (Fsp3) is 0.182. The number of nitrogens with one attached hydrogen (secondary N) is 1. The van der Waals surface area contributed by atoms with Gasteiger partial charge in [0.2, 0.25) is 0 Å². The summed E-state index contributed by atoms with van der Waals surface area (Å²) in [5.41, 5.74) is 1.57. The van der Waals surface area contributed by atoms with Gasteiger partial charge in [-0.1, -0.05) is 0 Å². The molecule has 0 radical (unpaired) electrons. The third-order valence-electron chi connectivity index (χ3n) is 5.56. The number of nitrogens with zero attached hydrogens (tertiary/aromatic N) is 4. The van der Waals surface area contributed by atoms with Crippen LogP contribution < -0.4 is 5.69 Å². The summed E-state index contributed by atoms with van der Waals surface area (Å²) in [7, 11) is -1.85. The molecule has 0 saturated carbocycles. The zero-order chi connectivity index (χ0) is 24.2. The normalized spacial score (nSPS) is 12.2. The van der Waals surface area contributed by atoms with E-state index in [0.29, 0.717) is 27.5 Å². The maximum atomic E-state index is 14.2. The molecule has 9 nitrogen and oxygen atoms in total. The van der Waals surface area contributed by atoms with Crippen LogP contribution in [0.25, 0.3) is 38.9 Å². The van der Waals surface area contributed by atoms with Crippen LogP contribution in [0.2, 0.25) is 0 Å². The molecule has 0 saturated heterocycles. The molecular formula is C22H19F2N5O4S. The molecule has 0 unspecified atom stereocenters. The summed E-state index contributed by atoms with van der Waals surface area (Å²) >= 11 is 0. The van der Waals surface area contributed by atoms with Crippen molar-refractivity contribution in [2.75, 3.05) is 12.9 Å². The number of aryl methyl sites for hydroxylation is 1. The van der Waals surface area contributed by atoms with Crippen LogP contribution in [0, 0.1) is 11.6 Å². The van der Waals surface area contributed by atoms with Gasteiger partial charge in [0.25, 0.3) is 10.1 Å². The standard InChI is InChI=1S/C22H19F2N5O4S/c1-27-11-17(15-9-13(23)3-5-18(15)27)21-25-26-22(30)29(21)20-12-28(7-8-33-34(2,31)32)19-6-4-14(24)10-16(19)20/h3-6,9-12H,7-8H2,1-2H3,(H,26,30). The number of aromatic amines is 1. The molecule has 0 atom stereocenters. The molecule has 34 heavy (non-hydrogen) atoms. The molecule has 0 spiro atoms. The second kappa shape index (κ2) is 7.92. The van der Waals surface area contributed by atoms with E-state index in [2.05, 4.69) is 10.2 Å². The molecule has 1 N–H and O–H groups in total. The highest BCUT2D eigenvalue weighted by Gasteiger charge is 2.21. The number of benzene rings is 2. The number of fused-ring (bicyclic) bond motifs is 2. The SMILES string of the molecule is Cn1cc(-c2n[nH]c(=O)n2-c2cn(CCOS(C)(=O)=O)c3ccc(F)cc23)c2cc(F)ccc21. The fourth-order valence-corrected chi connectivity index (χ4v) is 4.52. The van der Waals surface area contributed by atoms with E-state index in [-0.39, 0.29) is 19.0 Å². The third-order valence-corrected chi connectivity index (χ3v) is 6.15. The van der Waals surface area contributed by atoms with Crippen molar-refractivity contribution in [3.8, 4) is 17.1 Å². The molecule has 0 bridgehead atoms. The summed E-state index contributed by atoms with van der Waals surface area (Å²) in [6.45, 7) is -0.00815. The van der Waals surface area contributed by atoms with E-state index in [0.717, 1.165) is 11.8 Å². The molecule has 0 aliphatic rings. The fourth-order valence-electron chi connectivity index (χ4n) is 4.14. The largest absolute Gasteiger partial charge is 0.350 e. The van der Waals surface area contributed by atoms with Gasteiger partial charge < -0.3 is 9.13 Å². The number of hydrogen-bond donors (Lipinski definition) is 1. The quantitative estimate of drug-likeness (QED) is 0.371. The van der Waals surface area contributed by atoms with E-state index in [1.54, 1.807) is 34.6 Å². The summed E-state index contributed by atoms with van der Waals surface area (Å²) in [4.78, 5) is 12.9. The van der Waals surface area contributed by atoms with Crippen LogP contribution in [-0.2, 0) is 27.9 Å². The maximum absolute atomic E-state index is 14.2. The average Bonchev–Trinajstić information content (AvgIpc) is 3.40. The lowest BCUT2D eigenvalue weighted by Gasteiger charge is -2.05. The Labute approximate surface area is 191 Å². The predicted octanol–water partition coefficient (Wildman–Crippen LogP) is 2.93. The van der Waals surface area contributed by atoms with Crippen LogP contribution in [0.3, 0.4) is 0 Å². The van der Waals surface area contributed by atoms with Gasteiger partial charge in [-0.05, 0) is 36.4 Å². The van der Waals surface area contributed by atoms with Crippen molar-refractivity contribution in [3.05, 3.63) is 70.9 Å². The summed E-state index contributed by atoms with van der Waals surface area (Å²) in [5.74, 6) is -0.727. The zero-order valence-corrected chi connectivity index (χ0v) is 18.9. The molecule has 5 rings (SSSR count). The Morgan fingerprint density at radius 1 is 1.03 bits per heavy atom. The number of halogens is 2. The van der Waals surface area contributed by atoms with Gasteiger partial charge in [-0.3, -0.25) is 4.18 Å². The Morgan fingerprint density at radius 2 is 1.71 bits per heavy atom. The number of H-pyrrole nitrogens is 1. The van der Waals surface area contributed by atoms with Crippen LogP contribution in [0.4, 0.5) is 8.78 Å². The van der Waals surface area contributed by atoms with Crippen molar-refractivity contribution in [3.63, 3.8) is 0 Å². The molecule has 5 aromatic rings. The first kappa shape index (κ1) is 22.0. The highest BCUT2D eigenvalue weighted by Crippen LogP contribution is 2.32. The molecule has 0 aliphatic carbocycles. The van der Waals surface area contributed by atoms with Crippen molar-refractivity contribution in [1.29, 1.82) is 0 Å². The Balaban J connectivity index is 1.71. The molecule has 12 heteroatoms. The summed E-state index contributed by atoms with van der Waals surface area (Å²) in [6, 6.07) is 8.43. The summed E-state index contributed by atoms with van der Waals surface area (Å²) in [6.07, 6.45) is 4.28. The van der Waals surface area contributed by atoms with Crippen molar-refractivity contribution in [1.82, 2.24) is 23.9 Å². The Kier molecular flexibility index (Phi) is 5.14. The maximum Gasteiger partial charge on any atom is 0.348 e. The Hall–Kier alpha value is -3.77. The predicted molar refractivity (Wildman–Crippen MR) is 122 cm³/mol. The van der Waals surface area contributed by atoms with Crippen molar-refractivity contribution >= 4 is 31.9 Å².